The van der Waals surface area contributed by atoms with Gasteiger partial charge in [0.25, 0.3) is 5.91 Å². The van der Waals surface area contributed by atoms with Crippen molar-refractivity contribution < 1.29 is 9.53 Å². The van der Waals surface area contributed by atoms with E-state index in [0.29, 0.717) is 19.7 Å². The molecule has 1 amide bonds. The highest BCUT2D eigenvalue weighted by Crippen LogP contribution is 2.21. The van der Waals surface area contributed by atoms with Crippen molar-refractivity contribution in [1.29, 1.82) is 0 Å². The van der Waals surface area contributed by atoms with Crippen LogP contribution in [0.15, 0.2) is 23.1 Å². The van der Waals surface area contributed by atoms with E-state index in [1.807, 2.05) is 37.1 Å². The zero-order valence-corrected chi connectivity index (χ0v) is 11.9. The van der Waals surface area contributed by atoms with Crippen LogP contribution >= 0.6 is 11.8 Å². The summed E-state index contributed by atoms with van der Waals surface area (Å²) >= 11 is 1.66. The van der Waals surface area contributed by atoms with Crippen molar-refractivity contribution in [2.45, 2.75) is 24.8 Å². The van der Waals surface area contributed by atoms with Crippen LogP contribution in [0, 0.1) is 6.92 Å². The van der Waals surface area contributed by atoms with E-state index in [9.17, 15) is 4.79 Å². The molecule has 1 aromatic carbocycles. The molecular weight excluding hydrogens is 246 g/mol. The molecule has 1 saturated heterocycles. The van der Waals surface area contributed by atoms with Gasteiger partial charge >= 0.3 is 0 Å². The summed E-state index contributed by atoms with van der Waals surface area (Å²) in [5, 5.41) is 0. The summed E-state index contributed by atoms with van der Waals surface area (Å²) in [6, 6.07) is 6.06. The number of amides is 1. The van der Waals surface area contributed by atoms with Crippen LogP contribution in [0.4, 0.5) is 0 Å². The highest BCUT2D eigenvalue weighted by molar-refractivity contribution is 7.98. The maximum atomic E-state index is 12.5. The summed E-state index contributed by atoms with van der Waals surface area (Å²) in [5.41, 5.74) is 1.85. The highest BCUT2D eigenvalue weighted by atomic mass is 32.2. The van der Waals surface area contributed by atoms with Gasteiger partial charge in [0.05, 0.1) is 12.7 Å². The Labute approximate surface area is 113 Å². The van der Waals surface area contributed by atoms with E-state index in [4.69, 9.17) is 4.74 Å². The highest BCUT2D eigenvalue weighted by Gasteiger charge is 2.23. The number of thioether (sulfide) groups is 1. The van der Waals surface area contributed by atoms with E-state index in [-0.39, 0.29) is 12.0 Å². The fraction of sp³-hybridized carbons (Fsp3) is 0.500. The largest absolute Gasteiger partial charge is 0.375 e. The summed E-state index contributed by atoms with van der Waals surface area (Å²) < 4.78 is 5.47. The molecule has 1 aromatic rings. The van der Waals surface area contributed by atoms with Gasteiger partial charge in [-0.15, -0.1) is 11.8 Å². The second kappa shape index (κ2) is 5.76. The molecule has 2 rings (SSSR count). The number of aryl methyl sites for hydroxylation is 1. The maximum Gasteiger partial charge on any atom is 0.254 e. The molecule has 4 heteroatoms. The molecule has 0 saturated carbocycles. The van der Waals surface area contributed by atoms with Gasteiger partial charge in [-0.05, 0) is 37.8 Å². The molecule has 1 atom stereocenters. The average Bonchev–Trinajstić information content (AvgIpc) is 2.38. The summed E-state index contributed by atoms with van der Waals surface area (Å²) in [4.78, 5) is 15.5. The number of carbonyl (C=O) groups is 1. The van der Waals surface area contributed by atoms with Crippen molar-refractivity contribution in [3.8, 4) is 0 Å². The van der Waals surface area contributed by atoms with Crippen molar-refractivity contribution in [2.24, 2.45) is 0 Å². The topological polar surface area (TPSA) is 29.5 Å². The molecule has 98 valence electrons. The van der Waals surface area contributed by atoms with Gasteiger partial charge in [-0.2, -0.15) is 0 Å². The molecule has 18 heavy (non-hydrogen) atoms. The third-order valence-electron chi connectivity index (χ3n) is 3.20. The fourth-order valence-corrected chi connectivity index (χ4v) is 2.57. The molecule has 0 spiro atoms. The van der Waals surface area contributed by atoms with Crippen molar-refractivity contribution in [3.05, 3.63) is 29.3 Å². The van der Waals surface area contributed by atoms with Gasteiger partial charge in [0.2, 0.25) is 0 Å². The van der Waals surface area contributed by atoms with Crippen LogP contribution in [-0.2, 0) is 4.74 Å². The van der Waals surface area contributed by atoms with Crippen LogP contribution < -0.4 is 0 Å². The number of nitrogens with zero attached hydrogens (tertiary/aromatic N) is 1. The lowest BCUT2D eigenvalue weighted by molar-refractivity contribution is -0.0124. The first-order chi connectivity index (χ1) is 8.61. The summed E-state index contributed by atoms with van der Waals surface area (Å²) in [7, 11) is 0. The second-order valence-corrected chi connectivity index (χ2v) is 5.49. The lowest BCUT2D eigenvalue weighted by Gasteiger charge is -2.31. The number of ether oxygens (including phenoxy) is 1. The number of benzene rings is 1. The smallest absolute Gasteiger partial charge is 0.254 e. The van der Waals surface area contributed by atoms with Gasteiger partial charge in [-0.25, -0.2) is 0 Å². The fourth-order valence-electron chi connectivity index (χ4n) is 2.13. The first kappa shape index (κ1) is 13.4. The molecule has 1 unspecified atom stereocenters. The number of morpholine rings is 1. The zero-order valence-electron chi connectivity index (χ0n) is 11.1. The predicted molar refractivity (Wildman–Crippen MR) is 74.3 cm³/mol. The number of hydrogen-bond acceptors (Lipinski definition) is 3. The average molecular weight is 265 g/mol. The molecule has 3 nitrogen and oxygen atoms in total. The van der Waals surface area contributed by atoms with Crippen LogP contribution in [0.3, 0.4) is 0 Å². The van der Waals surface area contributed by atoms with Gasteiger partial charge < -0.3 is 9.64 Å². The molecule has 1 heterocycles. The molecule has 1 aliphatic rings. The Kier molecular flexibility index (Phi) is 4.30. The molecule has 0 bridgehead atoms. The van der Waals surface area contributed by atoms with Crippen molar-refractivity contribution in [2.75, 3.05) is 26.0 Å². The van der Waals surface area contributed by atoms with E-state index in [1.54, 1.807) is 11.8 Å². The Morgan fingerprint density at radius 2 is 2.28 bits per heavy atom. The lowest BCUT2D eigenvalue weighted by Crippen LogP contribution is -2.44. The van der Waals surface area contributed by atoms with Gasteiger partial charge in [0, 0.05) is 23.5 Å². The molecule has 0 aromatic heterocycles. The molecule has 0 radical (unpaired) electrons. The minimum atomic E-state index is 0.124. The van der Waals surface area contributed by atoms with E-state index in [0.717, 1.165) is 16.0 Å². The van der Waals surface area contributed by atoms with E-state index < -0.39 is 0 Å². The van der Waals surface area contributed by atoms with Crippen LogP contribution in [0.2, 0.25) is 0 Å². The Morgan fingerprint density at radius 1 is 1.50 bits per heavy atom. The molecular formula is C14H19NO2S. The molecule has 1 aliphatic heterocycles. The first-order valence-electron chi connectivity index (χ1n) is 6.17. The monoisotopic (exact) mass is 265 g/mol. The number of hydrogen-bond donors (Lipinski definition) is 0. The quantitative estimate of drug-likeness (QED) is 0.770. The summed E-state index contributed by atoms with van der Waals surface area (Å²) in [6.07, 6.45) is 2.15. The van der Waals surface area contributed by atoms with Crippen molar-refractivity contribution in [1.82, 2.24) is 4.90 Å². The van der Waals surface area contributed by atoms with E-state index in [2.05, 4.69) is 6.07 Å². The Bertz CT molecular complexity index is 447. The zero-order chi connectivity index (χ0) is 13.1. The predicted octanol–water partition coefficient (Wildman–Crippen LogP) is 2.58. The van der Waals surface area contributed by atoms with Crippen LogP contribution in [-0.4, -0.2) is 42.9 Å². The number of carbonyl (C=O) groups excluding carboxylic acids is 1. The number of rotatable bonds is 2. The Hall–Kier alpha value is -1.00. The van der Waals surface area contributed by atoms with Gasteiger partial charge in [-0.1, -0.05) is 6.07 Å². The standard InChI is InChI=1S/C14H19NO2S/c1-10-4-5-12(18-3)8-13(10)14(16)15-6-7-17-11(2)9-15/h4-5,8,11H,6-7,9H2,1-3H3. The van der Waals surface area contributed by atoms with Crippen LogP contribution in [0.5, 0.6) is 0 Å². The summed E-state index contributed by atoms with van der Waals surface area (Å²) in [5.74, 6) is 0.124. The van der Waals surface area contributed by atoms with E-state index >= 15 is 0 Å². The van der Waals surface area contributed by atoms with Crippen molar-refractivity contribution >= 4 is 17.7 Å². The molecule has 0 N–H and O–H groups in total. The minimum Gasteiger partial charge on any atom is -0.375 e. The Balaban J connectivity index is 2.22. The van der Waals surface area contributed by atoms with Crippen LogP contribution in [0.25, 0.3) is 0 Å². The Morgan fingerprint density at radius 3 is 2.94 bits per heavy atom. The normalized spacial score (nSPS) is 19.9. The SMILES string of the molecule is CSc1ccc(C)c(C(=O)N2CCOC(C)C2)c1. The molecule has 0 aliphatic carbocycles. The van der Waals surface area contributed by atoms with Gasteiger partial charge in [-0.3, -0.25) is 4.79 Å². The van der Waals surface area contributed by atoms with Crippen LogP contribution in [0.1, 0.15) is 22.8 Å². The minimum absolute atomic E-state index is 0.124. The maximum absolute atomic E-state index is 12.5. The van der Waals surface area contributed by atoms with Gasteiger partial charge in [0.1, 0.15) is 0 Å². The second-order valence-electron chi connectivity index (χ2n) is 4.61. The lowest BCUT2D eigenvalue weighted by atomic mass is 10.1. The third kappa shape index (κ3) is 2.87. The third-order valence-corrected chi connectivity index (χ3v) is 3.93. The van der Waals surface area contributed by atoms with Gasteiger partial charge in [0.15, 0.2) is 0 Å². The summed E-state index contributed by atoms with van der Waals surface area (Å²) in [6.45, 7) is 5.99. The molecule has 1 fully saturated rings. The van der Waals surface area contributed by atoms with E-state index in [1.165, 1.54) is 0 Å². The first-order valence-corrected chi connectivity index (χ1v) is 7.40. The van der Waals surface area contributed by atoms with Crippen molar-refractivity contribution in [3.63, 3.8) is 0 Å².